The summed E-state index contributed by atoms with van der Waals surface area (Å²) in [6, 6.07) is 11.8. The predicted molar refractivity (Wildman–Crippen MR) is 96.1 cm³/mol. The Bertz CT molecular complexity index is 883. The van der Waals surface area contributed by atoms with Crippen LogP contribution in [0.15, 0.2) is 42.0 Å². The maximum Gasteiger partial charge on any atom is 0.266 e. The van der Waals surface area contributed by atoms with Crippen LogP contribution in [0.4, 0.5) is 5.69 Å². The van der Waals surface area contributed by atoms with Gasteiger partial charge in [0.25, 0.3) is 5.91 Å². The summed E-state index contributed by atoms with van der Waals surface area (Å²) in [6.07, 6.45) is 1.45. The molecule has 0 aromatic heterocycles. The third-order valence-electron chi connectivity index (χ3n) is 3.38. The van der Waals surface area contributed by atoms with Gasteiger partial charge in [0.05, 0.1) is 0 Å². The number of hydrogen-bond acceptors (Lipinski definition) is 4. The van der Waals surface area contributed by atoms with Crippen LogP contribution in [0.5, 0.6) is 11.5 Å². The molecule has 1 heterocycles. The predicted octanol–water partition coefficient (Wildman–Crippen LogP) is 4.31. The molecule has 126 valence electrons. The lowest BCUT2D eigenvalue weighted by molar-refractivity contribution is -0.112. The molecule has 0 bridgehead atoms. The number of rotatable bonds is 3. The zero-order valence-electron chi connectivity index (χ0n) is 12.9. The van der Waals surface area contributed by atoms with E-state index in [1.54, 1.807) is 36.4 Å². The van der Waals surface area contributed by atoms with Crippen molar-refractivity contribution in [1.82, 2.24) is 0 Å². The lowest BCUT2D eigenvalue weighted by Crippen LogP contribution is -2.16. The third kappa shape index (κ3) is 4.05. The number of amides is 1. The highest BCUT2D eigenvalue weighted by Crippen LogP contribution is 2.35. The molecule has 0 fully saturated rings. The van der Waals surface area contributed by atoms with Gasteiger partial charge >= 0.3 is 0 Å². The molecule has 0 saturated carbocycles. The molecule has 0 radical (unpaired) electrons. The summed E-state index contributed by atoms with van der Waals surface area (Å²) in [7, 11) is 0. The van der Waals surface area contributed by atoms with Gasteiger partial charge in [0, 0.05) is 21.3 Å². The van der Waals surface area contributed by atoms with Crippen LogP contribution in [0.2, 0.25) is 10.0 Å². The Morgan fingerprint density at radius 2 is 1.88 bits per heavy atom. The number of para-hydroxylation sites is 1. The van der Waals surface area contributed by atoms with Gasteiger partial charge in [-0.25, -0.2) is 0 Å². The van der Waals surface area contributed by atoms with E-state index < -0.39 is 5.91 Å². The Balaban J connectivity index is 1.88. The fourth-order valence-electron chi connectivity index (χ4n) is 2.34. The van der Waals surface area contributed by atoms with E-state index in [0.29, 0.717) is 46.0 Å². The topological polar surface area (TPSA) is 71.3 Å². The second-order valence-corrected chi connectivity index (χ2v) is 6.03. The fraction of sp³-hybridized carbons (Fsp3) is 0.111. The number of anilines is 1. The van der Waals surface area contributed by atoms with Crippen LogP contribution in [-0.4, -0.2) is 19.1 Å². The number of hydrogen-bond donors (Lipinski definition) is 1. The second kappa shape index (κ2) is 7.47. The normalized spacial score (nSPS) is 13.1. The summed E-state index contributed by atoms with van der Waals surface area (Å²) in [6.45, 7) is 0.869. The Hall–Kier alpha value is -2.68. The van der Waals surface area contributed by atoms with Crippen LogP contribution in [0.1, 0.15) is 5.56 Å². The molecule has 25 heavy (non-hydrogen) atoms. The van der Waals surface area contributed by atoms with E-state index in [-0.39, 0.29) is 5.57 Å². The fourth-order valence-corrected chi connectivity index (χ4v) is 2.86. The largest absolute Gasteiger partial charge is 0.486 e. The first kappa shape index (κ1) is 17.2. The molecule has 5 nitrogen and oxygen atoms in total. The van der Waals surface area contributed by atoms with Gasteiger partial charge in [-0.05, 0) is 30.3 Å². The molecule has 1 N–H and O–H groups in total. The summed E-state index contributed by atoms with van der Waals surface area (Å²) in [5.41, 5.74) is 0.907. The van der Waals surface area contributed by atoms with Gasteiger partial charge in [-0.2, -0.15) is 5.26 Å². The summed E-state index contributed by atoms with van der Waals surface area (Å²) in [5, 5.41) is 12.7. The van der Waals surface area contributed by atoms with Gasteiger partial charge in [-0.15, -0.1) is 0 Å². The first-order valence-corrected chi connectivity index (χ1v) is 8.10. The van der Waals surface area contributed by atoms with E-state index in [9.17, 15) is 10.1 Å². The summed E-state index contributed by atoms with van der Waals surface area (Å²) in [5.74, 6) is 0.523. The summed E-state index contributed by atoms with van der Waals surface area (Å²) in [4.78, 5) is 12.4. The zero-order chi connectivity index (χ0) is 17.8. The number of carbonyl (C=O) groups is 1. The van der Waals surface area contributed by atoms with Crippen LogP contribution in [0.25, 0.3) is 6.08 Å². The van der Waals surface area contributed by atoms with E-state index in [2.05, 4.69) is 5.32 Å². The molecular formula is C18H12Cl2N2O3. The van der Waals surface area contributed by atoms with Gasteiger partial charge in [-0.3, -0.25) is 4.79 Å². The highest BCUT2D eigenvalue weighted by molar-refractivity contribution is 6.35. The minimum atomic E-state index is -0.574. The molecule has 7 heteroatoms. The maximum atomic E-state index is 12.4. The monoisotopic (exact) mass is 374 g/mol. The van der Waals surface area contributed by atoms with Crippen molar-refractivity contribution in [2.24, 2.45) is 0 Å². The number of nitrogens with zero attached hydrogens (tertiary/aromatic N) is 1. The highest BCUT2D eigenvalue weighted by atomic mass is 35.5. The second-order valence-electron chi connectivity index (χ2n) is 5.15. The molecule has 1 amide bonds. The van der Waals surface area contributed by atoms with Crippen molar-refractivity contribution >= 4 is 40.9 Å². The van der Waals surface area contributed by atoms with Gasteiger partial charge < -0.3 is 14.8 Å². The number of nitriles is 1. The molecular weight excluding hydrogens is 363 g/mol. The molecule has 1 aliphatic heterocycles. The van der Waals surface area contributed by atoms with Crippen molar-refractivity contribution in [3.05, 3.63) is 57.6 Å². The number of benzene rings is 2. The molecule has 0 saturated heterocycles. The highest BCUT2D eigenvalue weighted by Gasteiger charge is 2.17. The van der Waals surface area contributed by atoms with E-state index >= 15 is 0 Å². The van der Waals surface area contributed by atoms with Crippen molar-refractivity contribution in [2.45, 2.75) is 0 Å². The Morgan fingerprint density at radius 1 is 1.16 bits per heavy atom. The number of nitrogens with one attached hydrogen (secondary N) is 1. The standard InChI is InChI=1S/C18H12Cl2N2O3/c19-13-7-14(20)9-15(8-13)22-18(23)12(10-21)6-11-2-1-3-16-17(11)25-5-4-24-16/h1-3,6-9H,4-5H2,(H,22,23)/b12-6-. The van der Waals surface area contributed by atoms with E-state index in [0.717, 1.165) is 0 Å². The molecule has 1 aliphatic rings. The van der Waals surface area contributed by atoms with Crippen LogP contribution in [-0.2, 0) is 4.79 Å². The van der Waals surface area contributed by atoms with Gasteiger partial charge in [-0.1, -0.05) is 35.3 Å². The molecule has 2 aromatic rings. The van der Waals surface area contributed by atoms with Crippen molar-refractivity contribution in [3.63, 3.8) is 0 Å². The Kier molecular flexibility index (Phi) is 5.13. The minimum Gasteiger partial charge on any atom is -0.486 e. The molecule has 0 unspecified atom stereocenters. The van der Waals surface area contributed by atoms with Crippen molar-refractivity contribution in [1.29, 1.82) is 5.26 Å². The van der Waals surface area contributed by atoms with E-state index in [1.807, 2.05) is 6.07 Å². The van der Waals surface area contributed by atoms with Crippen molar-refractivity contribution < 1.29 is 14.3 Å². The minimum absolute atomic E-state index is 0.0846. The smallest absolute Gasteiger partial charge is 0.266 e. The van der Waals surface area contributed by atoms with Crippen LogP contribution < -0.4 is 14.8 Å². The van der Waals surface area contributed by atoms with Crippen LogP contribution in [0.3, 0.4) is 0 Å². The SMILES string of the molecule is N#C/C(=C/c1cccc2c1OCCO2)C(=O)Nc1cc(Cl)cc(Cl)c1. The number of ether oxygens (including phenoxy) is 2. The van der Waals surface area contributed by atoms with Crippen molar-refractivity contribution in [3.8, 4) is 17.6 Å². The summed E-state index contributed by atoms with van der Waals surface area (Å²) < 4.78 is 11.1. The van der Waals surface area contributed by atoms with Crippen LogP contribution >= 0.6 is 23.2 Å². The van der Waals surface area contributed by atoms with Crippen LogP contribution in [0, 0.1) is 11.3 Å². The quantitative estimate of drug-likeness (QED) is 0.641. The first-order valence-electron chi connectivity index (χ1n) is 7.34. The van der Waals surface area contributed by atoms with Crippen molar-refractivity contribution in [2.75, 3.05) is 18.5 Å². The van der Waals surface area contributed by atoms with Gasteiger partial charge in [0.1, 0.15) is 24.9 Å². The average Bonchev–Trinajstić information content (AvgIpc) is 2.58. The molecule has 0 atom stereocenters. The lowest BCUT2D eigenvalue weighted by Gasteiger charge is -2.19. The lowest BCUT2D eigenvalue weighted by atomic mass is 10.1. The number of halogens is 2. The maximum absolute atomic E-state index is 12.4. The molecule has 2 aromatic carbocycles. The average molecular weight is 375 g/mol. The first-order chi connectivity index (χ1) is 12.1. The summed E-state index contributed by atoms with van der Waals surface area (Å²) >= 11 is 11.8. The molecule has 3 rings (SSSR count). The number of carbonyl (C=O) groups excluding carboxylic acids is 1. The Morgan fingerprint density at radius 3 is 2.60 bits per heavy atom. The Labute approximate surface area is 154 Å². The van der Waals surface area contributed by atoms with Gasteiger partial charge in [0.15, 0.2) is 11.5 Å². The molecule has 0 aliphatic carbocycles. The number of fused-ring (bicyclic) bond motifs is 1. The van der Waals surface area contributed by atoms with E-state index in [4.69, 9.17) is 32.7 Å². The third-order valence-corrected chi connectivity index (χ3v) is 3.82. The van der Waals surface area contributed by atoms with Gasteiger partial charge in [0.2, 0.25) is 0 Å². The van der Waals surface area contributed by atoms with E-state index in [1.165, 1.54) is 6.08 Å². The zero-order valence-corrected chi connectivity index (χ0v) is 14.4. The molecule has 0 spiro atoms.